The van der Waals surface area contributed by atoms with Gasteiger partial charge in [0.2, 0.25) is 0 Å². The summed E-state index contributed by atoms with van der Waals surface area (Å²) in [6.07, 6.45) is 5.28. The minimum atomic E-state index is 0. The van der Waals surface area contributed by atoms with E-state index in [2.05, 4.69) is 24.1 Å². The molecule has 1 aliphatic carbocycles. The summed E-state index contributed by atoms with van der Waals surface area (Å²) in [5.74, 6) is 1.86. The van der Waals surface area contributed by atoms with Crippen LogP contribution in [-0.4, -0.2) is 25.6 Å². The van der Waals surface area contributed by atoms with Gasteiger partial charge in [-0.1, -0.05) is 6.07 Å². The standard InChI is InChI=1S/C15H21NO.ClH/c1-16-9-8-12-5-3-4-11-6-7-14(17-2)13(10-16)15(11)12;/h6-7,12H,3-5,8-10H2,1-2H3;1H. The highest BCUT2D eigenvalue weighted by Crippen LogP contribution is 2.41. The van der Waals surface area contributed by atoms with E-state index >= 15 is 0 Å². The van der Waals surface area contributed by atoms with E-state index in [4.69, 9.17) is 4.74 Å². The van der Waals surface area contributed by atoms with E-state index in [0.717, 1.165) is 18.2 Å². The first-order valence-corrected chi connectivity index (χ1v) is 6.67. The third kappa shape index (κ3) is 2.24. The van der Waals surface area contributed by atoms with E-state index in [0.29, 0.717) is 0 Å². The molecule has 1 unspecified atom stereocenters. The van der Waals surface area contributed by atoms with Crippen molar-refractivity contribution in [2.75, 3.05) is 20.7 Å². The lowest BCUT2D eigenvalue weighted by Crippen LogP contribution is -2.17. The van der Waals surface area contributed by atoms with Crippen LogP contribution in [0.1, 0.15) is 41.9 Å². The predicted octanol–water partition coefficient (Wildman–Crippen LogP) is 3.37. The van der Waals surface area contributed by atoms with E-state index in [1.807, 2.05) is 0 Å². The largest absolute Gasteiger partial charge is 0.496 e. The first kappa shape index (κ1) is 13.7. The Morgan fingerprint density at radius 1 is 1.28 bits per heavy atom. The molecule has 2 nitrogen and oxygen atoms in total. The number of halogens is 1. The van der Waals surface area contributed by atoms with Gasteiger partial charge in [0, 0.05) is 12.1 Å². The topological polar surface area (TPSA) is 12.5 Å². The molecule has 0 saturated heterocycles. The molecule has 0 aromatic heterocycles. The summed E-state index contributed by atoms with van der Waals surface area (Å²) in [4.78, 5) is 2.43. The lowest BCUT2D eigenvalue weighted by molar-refractivity contribution is 0.315. The maximum Gasteiger partial charge on any atom is 0.123 e. The SMILES string of the molecule is COc1ccc2c3c1CN(C)CCC3CCC2.Cl. The number of aryl methyl sites for hydroxylation is 1. The van der Waals surface area contributed by atoms with Crippen LogP contribution in [0.25, 0.3) is 0 Å². The molecule has 2 aliphatic rings. The van der Waals surface area contributed by atoms with Gasteiger partial charge in [0.15, 0.2) is 0 Å². The molecule has 0 radical (unpaired) electrons. The van der Waals surface area contributed by atoms with Gasteiger partial charge in [-0.3, -0.25) is 0 Å². The van der Waals surface area contributed by atoms with Crippen molar-refractivity contribution in [2.45, 2.75) is 38.1 Å². The van der Waals surface area contributed by atoms with Crippen LogP contribution in [-0.2, 0) is 13.0 Å². The lowest BCUT2D eigenvalue weighted by atomic mass is 9.79. The number of methoxy groups -OCH3 is 1. The average molecular weight is 268 g/mol. The number of benzene rings is 1. The zero-order valence-corrected chi connectivity index (χ0v) is 12.1. The second kappa shape index (κ2) is 5.50. The summed E-state index contributed by atoms with van der Waals surface area (Å²) < 4.78 is 5.56. The fourth-order valence-corrected chi connectivity index (χ4v) is 3.47. The zero-order valence-electron chi connectivity index (χ0n) is 11.2. The molecular formula is C15H22ClNO. The highest BCUT2D eigenvalue weighted by molar-refractivity contribution is 5.85. The Kier molecular flexibility index (Phi) is 4.18. The Morgan fingerprint density at radius 2 is 2.11 bits per heavy atom. The van der Waals surface area contributed by atoms with Crippen LogP contribution in [0.3, 0.4) is 0 Å². The maximum atomic E-state index is 5.56. The number of hydrogen-bond donors (Lipinski definition) is 0. The Morgan fingerprint density at radius 3 is 2.89 bits per heavy atom. The highest BCUT2D eigenvalue weighted by Gasteiger charge is 2.28. The van der Waals surface area contributed by atoms with E-state index in [1.54, 1.807) is 18.2 Å². The molecule has 18 heavy (non-hydrogen) atoms. The lowest BCUT2D eigenvalue weighted by Gasteiger charge is -2.27. The Balaban J connectivity index is 0.00000120. The van der Waals surface area contributed by atoms with E-state index in [1.165, 1.54) is 37.8 Å². The summed E-state index contributed by atoms with van der Waals surface area (Å²) in [7, 11) is 4.01. The second-order valence-corrected chi connectivity index (χ2v) is 5.43. The first-order chi connectivity index (χ1) is 8.29. The smallest absolute Gasteiger partial charge is 0.123 e. The fourth-order valence-electron chi connectivity index (χ4n) is 3.47. The summed E-state index contributed by atoms with van der Waals surface area (Å²) >= 11 is 0. The molecule has 0 bridgehead atoms. The van der Waals surface area contributed by atoms with Gasteiger partial charge in [0.05, 0.1) is 7.11 Å². The summed E-state index contributed by atoms with van der Waals surface area (Å²) in [5, 5.41) is 0. The molecule has 1 heterocycles. The quantitative estimate of drug-likeness (QED) is 0.774. The maximum absolute atomic E-state index is 5.56. The van der Waals surface area contributed by atoms with E-state index in [9.17, 15) is 0 Å². The Hall–Kier alpha value is -0.730. The van der Waals surface area contributed by atoms with Crippen molar-refractivity contribution in [1.82, 2.24) is 4.90 Å². The number of hydrogen-bond acceptors (Lipinski definition) is 2. The van der Waals surface area contributed by atoms with Gasteiger partial charge in [-0.15, -0.1) is 12.4 Å². The fraction of sp³-hybridized carbons (Fsp3) is 0.600. The molecule has 1 aromatic carbocycles. The number of ether oxygens (including phenoxy) is 1. The van der Waals surface area contributed by atoms with Crippen LogP contribution < -0.4 is 4.74 Å². The molecule has 1 aliphatic heterocycles. The normalized spacial score (nSPS) is 22.7. The van der Waals surface area contributed by atoms with Crippen LogP contribution in [0.4, 0.5) is 0 Å². The second-order valence-electron chi connectivity index (χ2n) is 5.43. The zero-order chi connectivity index (χ0) is 11.8. The molecule has 0 fully saturated rings. The third-order valence-corrected chi connectivity index (χ3v) is 4.32. The Bertz CT molecular complexity index is 433. The van der Waals surface area contributed by atoms with Crippen LogP contribution in [0.2, 0.25) is 0 Å². The van der Waals surface area contributed by atoms with Crippen LogP contribution in [0.15, 0.2) is 12.1 Å². The monoisotopic (exact) mass is 267 g/mol. The van der Waals surface area contributed by atoms with Gasteiger partial charge < -0.3 is 9.64 Å². The molecule has 0 spiro atoms. The van der Waals surface area contributed by atoms with Crippen molar-refractivity contribution in [3.63, 3.8) is 0 Å². The van der Waals surface area contributed by atoms with E-state index in [-0.39, 0.29) is 12.4 Å². The number of rotatable bonds is 1. The van der Waals surface area contributed by atoms with Gasteiger partial charge >= 0.3 is 0 Å². The molecule has 0 N–H and O–H groups in total. The molecule has 3 rings (SSSR count). The molecule has 1 atom stereocenters. The van der Waals surface area contributed by atoms with Gasteiger partial charge in [-0.25, -0.2) is 0 Å². The molecular weight excluding hydrogens is 246 g/mol. The summed E-state index contributed by atoms with van der Waals surface area (Å²) in [6.45, 7) is 2.25. The highest BCUT2D eigenvalue weighted by atomic mass is 35.5. The van der Waals surface area contributed by atoms with E-state index < -0.39 is 0 Å². The molecule has 100 valence electrons. The summed E-state index contributed by atoms with van der Waals surface area (Å²) in [5.41, 5.74) is 4.65. The molecule has 3 heteroatoms. The predicted molar refractivity (Wildman–Crippen MR) is 76.9 cm³/mol. The molecule has 0 amide bonds. The van der Waals surface area contributed by atoms with Gasteiger partial charge in [0.25, 0.3) is 0 Å². The minimum Gasteiger partial charge on any atom is -0.496 e. The van der Waals surface area contributed by atoms with Gasteiger partial charge in [-0.05, 0) is 62.4 Å². The minimum absolute atomic E-state index is 0. The van der Waals surface area contributed by atoms with Crippen molar-refractivity contribution >= 4 is 12.4 Å². The number of nitrogens with zero attached hydrogens (tertiary/aromatic N) is 1. The molecule has 1 aromatic rings. The van der Waals surface area contributed by atoms with Crippen molar-refractivity contribution in [2.24, 2.45) is 0 Å². The van der Waals surface area contributed by atoms with Crippen LogP contribution in [0, 0.1) is 0 Å². The third-order valence-electron chi connectivity index (χ3n) is 4.32. The van der Waals surface area contributed by atoms with Crippen molar-refractivity contribution in [3.05, 3.63) is 28.8 Å². The first-order valence-electron chi connectivity index (χ1n) is 6.67. The van der Waals surface area contributed by atoms with Crippen molar-refractivity contribution in [3.8, 4) is 5.75 Å². The summed E-state index contributed by atoms with van der Waals surface area (Å²) in [6, 6.07) is 4.45. The van der Waals surface area contributed by atoms with Crippen molar-refractivity contribution in [1.29, 1.82) is 0 Å². The van der Waals surface area contributed by atoms with Crippen LogP contribution >= 0.6 is 12.4 Å². The van der Waals surface area contributed by atoms with Crippen LogP contribution in [0.5, 0.6) is 5.75 Å². The molecule has 0 saturated carbocycles. The average Bonchev–Trinajstić information content (AvgIpc) is 2.52. The Labute approximate surface area is 116 Å². The van der Waals surface area contributed by atoms with Crippen molar-refractivity contribution < 1.29 is 4.74 Å². The van der Waals surface area contributed by atoms with Gasteiger partial charge in [-0.2, -0.15) is 0 Å². The van der Waals surface area contributed by atoms with Gasteiger partial charge in [0.1, 0.15) is 5.75 Å².